The maximum atomic E-state index is 10.6. The topological polar surface area (TPSA) is 85.9 Å². The van der Waals surface area contributed by atoms with E-state index >= 15 is 0 Å². The van der Waals surface area contributed by atoms with Crippen molar-refractivity contribution in [3.63, 3.8) is 0 Å². The minimum absolute atomic E-state index is 0.271. The van der Waals surface area contributed by atoms with Crippen LogP contribution in [0.2, 0.25) is 0 Å². The Bertz CT molecular complexity index is 842. The molecule has 1 unspecified atom stereocenters. The molecule has 8 heteroatoms. The largest absolute Gasteiger partial charge is 0.374 e. The molecule has 3 aromatic rings. The van der Waals surface area contributed by atoms with Gasteiger partial charge < -0.3 is 15.4 Å². The Kier molecular flexibility index (Phi) is 4.64. The molecule has 4 rings (SSSR count). The molecule has 0 amide bonds. The molecule has 0 aliphatic carbocycles. The van der Waals surface area contributed by atoms with Gasteiger partial charge in [0.1, 0.15) is 6.23 Å². The van der Waals surface area contributed by atoms with Crippen molar-refractivity contribution in [2.24, 2.45) is 0 Å². The molecule has 1 saturated heterocycles. The first kappa shape index (κ1) is 16.2. The van der Waals surface area contributed by atoms with Crippen LogP contribution in [0.3, 0.4) is 0 Å². The molecule has 1 fully saturated rings. The summed E-state index contributed by atoms with van der Waals surface area (Å²) in [6.07, 6.45) is 3.13. The van der Waals surface area contributed by atoms with E-state index in [9.17, 15) is 5.11 Å². The number of piperidine rings is 1. The van der Waals surface area contributed by atoms with Crippen molar-refractivity contribution < 1.29 is 5.11 Å². The molecule has 0 aromatic carbocycles. The van der Waals surface area contributed by atoms with Gasteiger partial charge in [-0.1, -0.05) is 0 Å². The number of halogens is 1. The van der Waals surface area contributed by atoms with E-state index in [1.165, 1.54) is 0 Å². The monoisotopic (exact) mass is 407 g/mol. The van der Waals surface area contributed by atoms with Crippen molar-refractivity contribution in [3.8, 4) is 10.7 Å². The second-order valence-electron chi connectivity index (χ2n) is 5.93. The summed E-state index contributed by atoms with van der Waals surface area (Å²) in [4.78, 5) is 13.2. The minimum atomic E-state index is -0.747. The summed E-state index contributed by atoms with van der Waals surface area (Å²) in [6, 6.07) is 4.13. The summed E-state index contributed by atoms with van der Waals surface area (Å²) in [5.41, 5.74) is 2.18. The van der Waals surface area contributed by atoms with Gasteiger partial charge in [-0.3, -0.25) is 5.32 Å². The number of rotatable bonds is 4. The number of fused-ring (bicyclic) bond motifs is 1. The Morgan fingerprint density at radius 2 is 2.38 bits per heavy atom. The van der Waals surface area contributed by atoms with E-state index in [2.05, 4.69) is 41.5 Å². The zero-order valence-electron chi connectivity index (χ0n) is 12.9. The molecular formula is C16H18BrN5OS. The maximum Gasteiger partial charge on any atom is 0.178 e. The first-order valence-corrected chi connectivity index (χ1v) is 9.62. The van der Waals surface area contributed by atoms with Gasteiger partial charge in [-0.2, -0.15) is 0 Å². The fourth-order valence-corrected chi connectivity index (χ4v) is 4.39. The molecule has 24 heavy (non-hydrogen) atoms. The Balaban J connectivity index is 1.63. The molecule has 0 spiro atoms. The Morgan fingerprint density at radius 1 is 1.46 bits per heavy atom. The van der Waals surface area contributed by atoms with Crippen molar-refractivity contribution >= 4 is 38.4 Å². The third-order valence-electron chi connectivity index (χ3n) is 4.21. The Labute approximate surface area is 151 Å². The van der Waals surface area contributed by atoms with Crippen LogP contribution < -0.4 is 10.6 Å². The summed E-state index contributed by atoms with van der Waals surface area (Å²) in [5.74, 6) is 0.771. The molecule has 2 atom stereocenters. The Hall–Kier alpha value is -1.32. The lowest BCUT2D eigenvalue weighted by molar-refractivity contribution is 0.118. The Morgan fingerprint density at radius 3 is 3.12 bits per heavy atom. The van der Waals surface area contributed by atoms with Crippen molar-refractivity contribution in [2.45, 2.75) is 25.1 Å². The molecule has 4 N–H and O–H groups in total. The van der Waals surface area contributed by atoms with Crippen LogP contribution in [0.25, 0.3) is 21.9 Å². The summed E-state index contributed by atoms with van der Waals surface area (Å²) >= 11 is 5.07. The van der Waals surface area contributed by atoms with Crippen LogP contribution >= 0.6 is 27.3 Å². The number of hydrogen-bond donors (Lipinski definition) is 4. The number of H-pyrrole nitrogens is 1. The number of aromatic nitrogens is 3. The lowest BCUT2D eigenvalue weighted by atomic mass is 10.1. The standard InChI is InChI=1S/C16H18BrN5OS/c17-9-6-12(24-8-9)14-21-13-11(3-5-19-15(13)22-14)16(23)20-10-2-1-4-18-7-10/h3,5-6,8,10,16,18,20,23H,1-2,4,7H2,(H,19,21,22)/t10-,16?/m0/s1. The smallest absolute Gasteiger partial charge is 0.178 e. The van der Waals surface area contributed by atoms with E-state index in [4.69, 9.17) is 0 Å². The van der Waals surface area contributed by atoms with Crippen molar-refractivity contribution in [1.82, 2.24) is 25.6 Å². The molecule has 0 radical (unpaired) electrons. The van der Waals surface area contributed by atoms with Gasteiger partial charge >= 0.3 is 0 Å². The van der Waals surface area contributed by atoms with Gasteiger partial charge in [-0.05, 0) is 47.4 Å². The number of imidazole rings is 1. The maximum absolute atomic E-state index is 10.6. The van der Waals surface area contributed by atoms with Gasteiger partial charge in [0, 0.05) is 34.2 Å². The number of nitrogens with zero attached hydrogens (tertiary/aromatic N) is 2. The van der Waals surface area contributed by atoms with Gasteiger partial charge in [0.15, 0.2) is 11.5 Å². The van der Waals surface area contributed by atoms with Crippen LogP contribution in [0.4, 0.5) is 0 Å². The number of nitrogens with one attached hydrogen (secondary N) is 3. The number of hydrogen-bond acceptors (Lipinski definition) is 6. The number of aromatic amines is 1. The van der Waals surface area contributed by atoms with Crippen molar-refractivity contribution in [2.75, 3.05) is 13.1 Å². The molecule has 1 aliphatic rings. The van der Waals surface area contributed by atoms with Gasteiger partial charge in [-0.25, -0.2) is 9.97 Å². The van der Waals surface area contributed by atoms with E-state index < -0.39 is 6.23 Å². The highest BCUT2D eigenvalue weighted by Crippen LogP contribution is 2.30. The average Bonchev–Trinajstić information content (AvgIpc) is 3.21. The highest BCUT2D eigenvalue weighted by atomic mass is 79.9. The molecule has 0 saturated carbocycles. The third-order valence-corrected chi connectivity index (χ3v) is 5.91. The normalized spacial score (nSPS) is 19.7. The van der Waals surface area contributed by atoms with Crippen LogP contribution in [0.15, 0.2) is 28.2 Å². The van der Waals surface area contributed by atoms with Gasteiger partial charge in [0.05, 0.1) is 10.4 Å². The number of aliphatic hydroxyl groups excluding tert-OH is 1. The minimum Gasteiger partial charge on any atom is -0.374 e. The first-order chi connectivity index (χ1) is 11.7. The van der Waals surface area contributed by atoms with Crippen LogP contribution in [0.1, 0.15) is 24.6 Å². The highest BCUT2D eigenvalue weighted by molar-refractivity contribution is 9.10. The summed E-state index contributed by atoms with van der Waals surface area (Å²) in [6.45, 7) is 1.93. The fourth-order valence-electron chi connectivity index (χ4n) is 3.02. The van der Waals surface area contributed by atoms with Crippen LogP contribution in [0.5, 0.6) is 0 Å². The second-order valence-corrected chi connectivity index (χ2v) is 7.75. The van der Waals surface area contributed by atoms with E-state index in [1.807, 2.05) is 17.5 Å². The molecule has 3 aromatic heterocycles. The molecule has 126 valence electrons. The van der Waals surface area contributed by atoms with E-state index in [0.29, 0.717) is 5.65 Å². The molecule has 0 bridgehead atoms. The predicted molar refractivity (Wildman–Crippen MR) is 98.9 cm³/mol. The van der Waals surface area contributed by atoms with Gasteiger partial charge in [-0.15, -0.1) is 11.3 Å². The zero-order chi connectivity index (χ0) is 16.5. The van der Waals surface area contributed by atoms with E-state index in [1.54, 1.807) is 17.5 Å². The second kappa shape index (κ2) is 6.89. The van der Waals surface area contributed by atoms with E-state index in [-0.39, 0.29) is 6.04 Å². The van der Waals surface area contributed by atoms with Crippen LogP contribution in [-0.4, -0.2) is 39.2 Å². The number of pyridine rings is 1. The average molecular weight is 408 g/mol. The number of thiophene rings is 1. The lowest BCUT2D eigenvalue weighted by Gasteiger charge is -2.26. The molecule has 4 heterocycles. The predicted octanol–water partition coefficient (Wildman–Crippen LogP) is 2.78. The SMILES string of the molecule is OC(N[C@H]1CCCNC1)c1ccnc2nc(-c3cc(Br)cs3)[nH]c12. The third kappa shape index (κ3) is 3.25. The zero-order valence-corrected chi connectivity index (χ0v) is 15.3. The number of aliphatic hydroxyl groups is 1. The summed E-state index contributed by atoms with van der Waals surface area (Å²) in [7, 11) is 0. The van der Waals surface area contributed by atoms with Crippen molar-refractivity contribution in [3.05, 3.63) is 33.7 Å². The quantitative estimate of drug-likeness (QED) is 0.499. The first-order valence-electron chi connectivity index (χ1n) is 7.94. The van der Waals surface area contributed by atoms with E-state index in [0.717, 1.165) is 52.2 Å². The lowest BCUT2D eigenvalue weighted by Crippen LogP contribution is -2.44. The highest BCUT2D eigenvalue weighted by Gasteiger charge is 2.20. The van der Waals surface area contributed by atoms with Gasteiger partial charge in [0.2, 0.25) is 0 Å². The summed E-state index contributed by atoms with van der Waals surface area (Å²) < 4.78 is 1.03. The van der Waals surface area contributed by atoms with Crippen LogP contribution in [0, 0.1) is 0 Å². The van der Waals surface area contributed by atoms with Gasteiger partial charge in [0.25, 0.3) is 0 Å². The molecular weight excluding hydrogens is 390 g/mol. The molecule has 6 nitrogen and oxygen atoms in total. The molecule has 1 aliphatic heterocycles. The van der Waals surface area contributed by atoms with Crippen molar-refractivity contribution in [1.29, 1.82) is 0 Å². The fraction of sp³-hybridized carbons (Fsp3) is 0.375. The summed E-state index contributed by atoms with van der Waals surface area (Å²) in [5, 5.41) is 19.3. The van der Waals surface area contributed by atoms with Crippen LogP contribution in [-0.2, 0) is 0 Å².